The molecule has 1 heterocycles. The molecule has 1 saturated heterocycles. The minimum absolute atomic E-state index is 0.185. The van der Waals surface area contributed by atoms with E-state index in [0.717, 1.165) is 18.8 Å². The highest BCUT2D eigenvalue weighted by Crippen LogP contribution is 2.40. The molecule has 1 unspecified atom stereocenters. The summed E-state index contributed by atoms with van der Waals surface area (Å²) >= 11 is 0. The molecule has 0 radical (unpaired) electrons. The van der Waals surface area contributed by atoms with E-state index < -0.39 is 0 Å². The van der Waals surface area contributed by atoms with Gasteiger partial charge >= 0.3 is 0 Å². The first-order valence-electron chi connectivity index (χ1n) is 8.25. The van der Waals surface area contributed by atoms with E-state index in [1.165, 1.54) is 37.7 Å². The Morgan fingerprint density at radius 1 is 1.33 bits per heavy atom. The standard InChI is InChI=1S/C18H27NO2/c1-14(15-6-5-7-17(12-15)20-2)19-16-8-11-21-18(13-16)9-3-4-10-18/h5-7,12,14,16,19H,3-4,8-11,13H2,1-2H3/t14-,16?/m1/s1. The first-order chi connectivity index (χ1) is 10.2. The SMILES string of the molecule is COc1cccc([C@@H](C)NC2CCOC3(CCCC3)C2)c1. The minimum atomic E-state index is 0.185. The van der Waals surface area contributed by atoms with E-state index in [2.05, 4.69) is 30.4 Å². The predicted octanol–water partition coefficient (Wildman–Crippen LogP) is 3.84. The maximum atomic E-state index is 6.12. The molecular weight excluding hydrogens is 262 g/mol. The Labute approximate surface area is 128 Å². The smallest absolute Gasteiger partial charge is 0.119 e. The lowest BCUT2D eigenvalue weighted by molar-refractivity contribution is -0.0846. The fourth-order valence-corrected chi connectivity index (χ4v) is 3.90. The summed E-state index contributed by atoms with van der Waals surface area (Å²) in [6.07, 6.45) is 7.45. The maximum absolute atomic E-state index is 6.12. The average molecular weight is 289 g/mol. The monoisotopic (exact) mass is 289 g/mol. The van der Waals surface area contributed by atoms with Crippen molar-refractivity contribution in [2.75, 3.05) is 13.7 Å². The third kappa shape index (κ3) is 3.41. The van der Waals surface area contributed by atoms with Crippen LogP contribution in [0.1, 0.15) is 57.1 Å². The van der Waals surface area contributed by atoms with E-state index in [1.54, 1.807) is 7.11 Å². The van der Waals surface area contributed by atoms with Crippen LogP contribution in [0.3, 0.4) is 0 Å². The highest BCUT2D eigenvalue weighted by atomic mass is 16.5. The number of rotatable bonds is 4. The van der Waals surface area contributed by atoms with Crippen molar-refractivity contribution in [2.24, 2.45) is 0 Å². The predicted molar refractivity (Wildman–Crippen MR) is 84.7 cm³/mol. The Balaban J connectivity index is 1.62. The van der Waals surface area contributed by atoms with Gasteiger partial charge in [-0.15, -0.1) is 0 Å². The zero-order chi connectivity index (χ0) is 14.7. The van der Waals surface area contributed by atoms with E-state index in [9.17, 15) is 0 Å². The van der Waals surface area contributed by atoms with E-state index in [1.807, 2.05) is 6.07 Å². The van der Waals surface area contributed by atoms with Crippen LogP contribution in [-0.2, 0) is 4.74 Å². The molecule has 0 aromatic heterocycles. The third-order valence-electron chi connectivity index (χ3n) is 5.09. The zero-order valence-corrected chi connectivity index (χ0v) is 13.2. The zero-order valence-electron chi connectivity index (χ0n) is 13.2. The molecule has 1 N–H and O–H groups in total. The normalized spacial score (nSPS) is 25.9. The molecule has 1 aliphatic heterocycles. The van der Waals surface area contributed by atoms with Crippen LogP contribution in [0.2, 0.25) is 0 Å². The van der Waals surface area contributed by atoms with Gasteiger partial charge < -0.3 is 14.8 Å². The molecule has 116 valence electrons. The van der Waals surface area contributed by atoms with Crippen molar-refractivity contribution < 1.29 is 9.47 Å². The number of methoxy groups -OCH3 is 1. The second kappa shape index (κ2) is 6.37. The van der Waals surface area contributed by atoms with Crippen molar-refractivity contribution in [3.63, 3.8) is 0 Å². The van der Waals surface area contributed by atoms with E-state index in [-0.39, 0.29) is 5.60 Å². The highest BCUT2D eigenvalue weighted by molar-refractivity contribution is 5.30. The highest BCUT2D eigenvalue weighted by Gasteiger charge is 2.40. The number of hydrogen-bond acceptors (Lipinski definition) is 3. The lowest BCUT2D eigenvalue weighted by atomic mass is 9.88. The second-order valence-electron chi connectivity index (χ2n) is 6.59. The van der Waals surface area contributed by atoms with Gasteiger partial charge in [0.05, 0.1) is 12.7 Å². The molecule has 1 aromatic carbocycles. The summed E-state index contributed by atoms with van der Waals surface area (Å²) < 4.78 is 11.4. The molecule has 3 nitrogen and oxygen atoms in total. The van der Waals surface area contributed by atoms with Crippen LogP contribution in [0.15, 0.2) is 24.3 Å². The van der Waals surface area contributed by atoms with Crippen LogP contribution >= 0.6 is 0 Å². The van der Waals surface area contributed by atoms with Gasteiger partial charge in [-0.05, 0) is 50.3 Å². The van der Waals surface area contributed by atoms with Gasteiger partial charge in [0, 0.05) is 18.7 Å². The number of hydrogen-bond donors (Lipinski definition) is 1. The van der Waals surface area contributed by atoms with Crippen molar-refractivity contribution in [3.8, 4) is 5.75 Å². The quantitative estimate of drug-likeness (QED) is 0.913. The third-order valence-corrected chi connectivity index (χ3v) is 5.09. The number of nitrogens with one attached hydrogen (secondary N) is 1. The summed E-state index contributed by atoms with van der Waals surface area (Å²) in [5, 5.41) is 3.80. The molecular formula is C18H27NO2. The number of ether oxygens (including phenoxy) is 2. The molecule has 2 aliphatic rings. The van der Waals surface area contributed by atoms with Gasteiger partial charge in [-0.1, -0.05) is 25.0 Å². The van der Waals surface area contributed by atoms with Gasteiger partial charge in [-0.2, -0.15) is 0 Å². The van der Waals surface area contributed by atoms with Gasteiger partial charge in [0.1, 0.15) is 5.75 Å². The molecule has 3 rings (SSSR count). The topological polar surface area (TPSA) is 30.5 Å². The van der Waals surface area contributed by atoms with Crippen LogP contribution in [0.5, 0.6) is 5.75 Å². The second-order valence-corrected chi connectivity index (χ2v) is 6.59. The Morgan fingerprint density at radius 3 is 2.90 bits per heavy atom. The van der Waals surface area contributed by atoms with Gasteiger partial charge in [-0.3, -0.25) is 0 Å². The molecule has 0 bridgehead atoms. The lowest BCUT2D eigenvalue weighted by Gasteiger charge is -2.39. The molecule has 2 fully saturated rings. The van der Waals surface area contributed by atoms with E-state index in [4.69, 9.17) is 9.47 Å². The Kier molecular flexibility index (Phi) is 4.51. The summed E-state index contributed by atoms with van der Waals surface area (Å²) in [7, 11) is 1.72. The maximum Gasteiger partial charge on any atom is 0.119 e. The van der Waals surface area contributed by atoms with Gasteiger partial charge in [0.25, 0.3) is 0 Å². The summed E-state index contributed by atoms with van der Waals surface area (Å²) in [5.74, 6) is 0.931. The fraction of sp³-hybridized carbons (Fsp3) is 0.667. The van der Waals surface area contributed by atoms with Gasteiger partial charge in [0.2, 0.25) is 0 Å². The van der Waals surface area contributed by atoms with Crippen LogP contribution in [0, 0.1) is 0 Å². The van der Waals surface area contributed by atoms with Crippen molar-refractivity contribution >= 4 is 0 Å². The first-order valence-corrected chi connectivity index (χ1v) is 8.25. The molecule has 1 aliphatic carbocycles. The Bertz CT molecular complexity index is 468. The Hall–Kier alpha value is -1.06. The van der Waals surface area contributed by atoms with Crippen LogP contribution < -0.4 is 10.1 Å². The first kappa shape index (κ1) is 14.9. The molecule has 1 spiro atoms. The fourth-order valence-electron chi connectivity index (χ4n) is 3.90. The van der Waals surface area contributed by atoms with Crippen molar-refractivity contribution in [1.29, 1.82) is 0 Å². The number of benzene rings is 1. The Morgan fingerprint density at radius 2 is 2.14 bits per heavy atom. The van der Waals surface area contributed by atoms with E-state index in [0.29, 0.717) is 12.1 Å². The van der Waals surface area contributed by atoms with Gasteiger partial charge in [0.15, 0.2) is 0 Å². The van der Waals surface area contributed by atoms with Crippen LogP contribution in [0.25, 0.3) is 0 Å². The summed E-state index contributed by atoms with van der Waals surface area (Å²) in [6, 6.07) is 9.28. The lowest BCUT2D eigenvalue weighted by Crippen LogP contribution is -2.46. The van der Waals surface area contributed by atoms with Crippen molar-refractivity contribution in [3.05, 3.63) is 29.8 Å². The van der Waals surface area contributed by atoms with Gasteiger partial charge in [-0.25, -0.2) is 0 Å². The molecule has 1 saturated carbocycles. The molecule has 21 heavy (non-hydrogen) atoms. The van der Waals surface area contributed by atoms with Crippen molar-refractivity contribution in [2.45, 2.75) is 63.1 Å². The summed E-state index contributed by atoms with van der Waals surface area (Å²) in [6.45, 7) is 3.15. The van der Waals surface area contributed by atoms with E-state index >= 15 is 0 Å². The molecule has 0 amide bonds. The van der Waals surface area contributed by atoms with Crippen LogP contribution in [0.4, 0.5) is 0 Å². The molecule has 1 aromatic rings. The summed E-state index contributed by atoms with van der Waals surface area (Å²) in [5.41, 5.74) is 1.48. The minimum Gasteiger partial charge on any atom is -0.497 e. The molecule has 3 heteroatoms. The summed E-state index contributed by atoms with van der Waals surface area (Å²) in [4.78, 5) is 0. The van der Waals surface area contributed by atoms with Crippen LogP contribution in [-0.4, -0.2) is 25.4 Å². The largest absolute Gasteiger partial charge is 0.497 e. The average Bonchev–Trinajstić information content (AvgIpc) is 2.95. The molecule has 2 atom stereocenters. The van der Waals surface area contributed by atoms with Crippen molar-refractivity contribution in [1.82, 2.24) is 5.32 Å².